The van der Waals surface area contributed by atoms with E-state index in [1.54, 1.807) is 0 Å². The quantitative estimate of drug-likeness (QED) is 0.126. The number of rotatable bonds is 10. The van der Waals surface area contributed by atoms with Crippen molar-refractivity contribution in [3.05, 3.63) is 168 Å². The molecule has 9 rings (SSSR count). The molecule has 2 nitrogen and oxygen atoms in total. The van der Waals surface area contributed by atoms with E-state index in [0.717, 1.165) is 0 Å². The average molecular weight is 938 g/mol. The summed E-state index contributed by atoms with van der Waals surface area (Å²) >= 11 is 0. The van der Waals surface area contributed by atoms with Crippen LogP contribution in [0.25, 0.3) is 22.3 Å². The molecule has 0 fully saturated rings. The first-order valence-electron chi connectivity index (χ1n) is 23.9. The highest BCUT2D eigenvalue weighted by Crippen LogP contribution is 2.58. The Morgan fingerprint density at radius 2 is 0.576 bits per heavy atom. The van der Waals surface area contributed by atoms with Gasteiger partial charge in [-0.15, -0.1) is 0 Å². The fourth-order valence-corrected chi connectivity index (χ4v) is 14.9. The molecule has 6 heteroatoms. The molecule has 0 heterocycles. The Balaban J connectivity index is 1.12. The summed E-state index contributed by atoms with van der Waals surface area (Å²) in [5.41, 5.74) is 17.9. The van der Waals surface area contributed by atoms with Crippen LogP contribution in [0.2, 0.25) is 58.9 Å². The SMILES string of the molecule is CC1(C)c2cc(N(c3ccc([Si](C)(C)C)cc3)c3ccc([Si](C)(C)C)cc3)ccc2-c2cc3c(cc21)-c1ccc(N(c2ccc([Si](C)(C)C)cc2)c2ccc(S(C)(C)C)cc2)cc1C3(C)C. The third-order valence-corrected chi connectivity index (χ3v) is 22.6. The molecule has 2 aliphatic carbocycles. The molecule has 0 aromatic heterocycles. The second kappa shape index (κ2) is 15.9. The van der Waals surface area contributed by atoms with Gasteiger partial charge in [0.2, 0.25) is 0 Å². The van der Waals surface area contributed by atoms with E-state index in [9.17, 15) is 0 Å². The Hall–Kier alpha value is -4.86. The molecule has 0 amide bonds. The Labute approximate surface area is 402 Å². The molecule has 0 N–H and O–H groups in total. The van der Waals surface area contributed by atoms with Crippen LogP contribution in [-0.4, -0.2) is 43.0 Å². The Bertz CT molecular complexity index is 2650. The van der Waals surface area contributed by atoms with E-state index >= 15 is 0 Å². The van der Waals surface area contributed by atoms with E-state index in [0.29, 0.717) is 0 Å². The van der Waals surface area contributed by atoms with Gasteiger partial charge in [-0.3, -0.25) is 0 Å². The van der Waals surface area contributed by atoms with Crippen LogP contribution in [0.5, 0.6) is 0 Å². The average Bonchev–Trinajstić information content (AvgIpc) is 3.61. The van der Waals surface area contributed by atoms with Crippen LogP contribution < -0.4 is 25.4 Å². The molecular weight excluding hydrogens is 865 g/mol. The minimum absolute atomic E-state index is 0.183. The third-order valence-electron chi connectivity index (χ3n) is 14.7. The van der Waals surface area contributed by atoms with Crippen molar-refractivity contribution in [2.24, 2.45) is 0 Å². The second-order valence-corrected chi connectivity index (χ2v) is 43.4. The van der Waals surface area contributed by atoms with E-state index < -0.39 is 34.2 Å². The fourth-order valence-electron chi connectivity index (χ4n) is 10.4. The lowest BCUT2D eigenvalue weighted by Gasteiger charge is -2.30. The summed E-state index contributed by atoms with van der Waals surface area (Å²) in [6, 6.07) is 57.3. The Morgan fingerprint density at radius 1 is 0.318 bits per heavy atom. The summed E-state index contributed by atoms with van der Waals surface area (Å²) in [6.07, 6.45) is 7.12. The summed E-state index contributed by atoms with van der Waals surface area (Å²) in [7, 11) is -5.20. The second-order valence-electron chi connectivity index (χ2n) is 24.0. The van der Waals surface area contributed by atoms with Crippen LogP contribution in [0.15, 0.2) is 150 Å². The predicted molar refractivity (Wildman–Crippen MR) is 304 cm³/mol. The first kappa shape index (κ1) is 46.3. The molecule has 7 aromatic rings. The zero-order valence-corrected chi connectivity index (χ0v) is 46.5. The van der Waals surface area contributed by atoms with Gasteiger partial charge in [0.1, 0.15) is 0 Å². The molecule has 0 saturated heterocycles. The summed E-state index contributed by atoms with van der Waals surface area (Å²) in [5, 5.41) is 4.44. The lowest BCUT2D eigenvalue weighted by atomic mass is 9.79. The molecule has 0 bridgehead atoms. The minimum Gasteiger partial charge on any atom is -0.310 e. The summed E-state index contributed by atoms with van der Waals surface area (Å²) in [6.45, 7) is 31.6. The van der Waals surface area contributed by atoms with Crippen LogP contribution in [0, 0.1) is 0 Å². The van der Waals surface area contributed by atoms with Crippen molar-refractivity contribution in [1.29, 1.82) is 0 Å². The smallest absolute Gasteiger partial charge is 0.0775 e. The molecule has 0 atom stereocenters. The number of fused-ring (bicyclic) bond motifs is 6. The van der Waals surface area contributed by atoms with E-state index in [4.69, 9.17) is 0 Å². The van der Waals surface area contributed by atoms with Crippen molar-refractivity contribution in [2.75, 3.05) is 28.6 Å². The fraction of sp³-hybridized carbons (Fsp3) is 0.300. The van der Waals surface area contributed by atoms with E-state index in [2.05, 4.69) is 261 Å². The monoisotopic (exact) mass is 936 g/mol. The summed E-state index contributed by atoms with van der Waals surface area (Å²) in [5.74, 6) is 0. The summed E-state index contributed by atoms with van der Waals surface area (Å²) < 4.78 is 0. The predicted octanol–water partition coefficient (Wildman–Crippen LogP) is 15.9. The lowest BCUT2D eigenvalue weighted by molar-refractivity contribution is 0.652. The standard InChI is InChI=1S/C60H72N2SSi3/c1-59(2)55-37-45(61(41-17-27-47(28-18-41)63(5,6)7)42-19-29-48(30-20-42)64(8,9)10)25-35-51(55)53-39-58-54(40-57(53)59)52-36-26-46(38-56(52)60(58,3)4)62(43-21-31-49(32-22-43)65(11,12)13)44-23-33-50(34-24-44)66(14,15)16/h17-40H,1-16H3. The van der Waals surface area contributed by atoms with Gasteiger partial charge in [-0.2, -0.15) is 0 Å². The molecule has 0 spiro atoms. The van der Waals surface area contributed by atoms with Crippen LogP contribution in [0.4, 0.5) is 34.1 Å². The van der Waals surface area contributed by atoms with Crippen molar-refractivity contribution >= 4 is 83.9 Å². The Kier molecular flexibility index (Phi) is 11.1. The number of anilines is 6. The van der Waals surface area contributed by atoms with Gasteiger partial charge in [-0.05, 0) is 165 Å². The maximum atomic E-state index is 2.56. The minimum atomic E-state index is -1.45. The van der Waals surface area contributed by atoms with Gasteiger partial charge in [0.05, 0.1) is 24.2 Å². The van der Waals surface area contributed by atoms with Gasteiger partial charge in [-0.25, -0.2) is 10.0 Å². The molecule has 0 unspecified atom stereocenters. The van der Waals surface area contributed by atoms with Crippen molar-refractivity contribution in [2.45, 2.75) is 102 Å². The highest BCUT2D eigenvalue weighted by molar-refractivity contribution is 8.32. The third kappa shape index (κ3) is 8.10. The molecule has 0 aliphatic heterocycles. The van der Waals surface area contributed by atoms with Gasteiger partial charge in [0.15, 0.2) is 0 Å². The number of hydrogen-bond donors (Lipinski definition) is 0. The molecule has 0 saturated carbocycles. The molecule has 0 radical (unpaired) electrons. The van der Waals surface area contributed by atoms with Gasteiger partial charge < -0.3 is 9.80 Å². The van der Waals surface area contributed by atoms with Crippen LogP contribution in [0.3, 0.4) is 0 Å². The Morgan fingerprint density at radius 3 is 0.848 bits per heavy atom. The zero-order valence-electron chi connectivity index (χ0n) is 42.7. The van der Waals surface area contributed by atoms with E-state index in [1.807, 2.05) is 0 Å². The highest BCUT2D eigenvalue weighted by Gasteiger charge is 2.42. The summed E-state index contributed by atoms with van der Waals surface area (Å²) in [4.78, 5) is 6.37. The maximum Gasteiger partial charge on any atom is 0.0775 e. The number of nitrogens with zero attached hydrogens (tertiary/aromatic N) is 2. The van der Waals surface area contributed by atoms with Crippen LogP contribution in [0.1, 0.15) is 49.9 Å². The first-order chi connectivity index (χ1) is 30.7. The van der Waals surface area contributed by atoms with Crippen molar-refractivity contribution in [3.63, 3.8) is 0 Å². The maximum absolute atomic E-state index is 2.56. The van der Waals surface area contributed by atoms with Crippen molar-refractivity contribution in [3.8, 4) is 22.3 Å². The first-order valence-corrected chi connectivity index (χ1v) is 37.3. The van der Waals surface area contributed by atoms with Crippen LogP contribution in [-0.2, 0) is 10.8 Å². The van der Waals surface area contributed by atoms with E-state index in [-0.39, 0.29) is 10.8 Å². The molecule has 7 aromatic carbocycles. The molecular formula is C60H72N2SSi3. The zero-order chi connectivity index (χ0) is 47.5. The molecule has 66 heavy (non-hydrogen) atoms. The number of hydrogen-bond acceptors (Lipinski definition) is 2. The lowest BCUT2D eigenvalue weighted by Crippen LogP contribution is -2.37. The normalized spacial score (nSPS) is 15.2. The van der Waals surface area contributed by atoms with Crippen LogP contribution >= 0.6 is 10.0 Å². The van der Waals surface area contributed by atoms with Gasteiger partial charge in [0.25, 0.3) is 0 Å². The van der Waals surface area contributed by atoms with Crippen molar-refractivity contribution in [1.82, 2.24) is 0 Å². The molecule has 340 valence electrons. The van der Waals surface area contributed by atoms with Gasteiger partial charge in [-0.1, -0.05) is 151 Å². The van der Waals surface area contributed by atoms with E-state index in [1.165, 1.54) is 99.1 Å². The van der Waals surface area contributed by atoms with Gasteiger partial charge >= 0.3 is 0 Å². The van der Waals surface area contributed by atoms with Gasteiger partial charge in [0, 0.05) is 45.0 Å². The van der Waals surface area contributed by atoms with Crippen molar-refractivity contribution < 1.29 is 0 Å². The number of benzene rings is 7. The largest absolute Gasteiger partial charge is 0.310 e. The topological polar surface area (TPSA) is 6.48 Å². The highest BCUT2D eigenvalue weighted by atomic mass is 32.3. The molecule has 2 aliphatic rings.